The lowest BCUT2D eigenvalue weighted by atomic mass is 10.2. The molecule has 1 saturated carbocycles. The minimum atomic E-state index is -5.55. The maximum Gasteiger partial charge on any atom is 0.501 e. The smallest absolute Gasteiger partial charge is 0.305 e. The second-order valence-corrected chi connectivity index (χ2v) is 8.91. The molecule has 0 atom stereocenters. The van der Waals surface area contributed by atoms with Crippen molar-refractivity contribution in [1.82, 2.24) is 9.88 Å². The summed E-state index contributed by atoms with van der Waals surface area (Å²) >= 11 is 0. The van der Waals surface area contributed by atoms with E-state index in [1.54, 1.807) is 0 Å². The highest BCUT2D eigenvalue weighted by atomic mass is 32.2. The molecule has 2 aromatic rings. The molecule has 30 heavy (non-hydrogen) atoms. The molecule has 1 aromatic heterocycles. The van der Waals surface area contributed by atoms with Crippen molar-refractivity contribution in [3.63, 3.8) is 0 Å². The first kappa shape index (κ1) is 20.3. The van der Waals surface area contributed by atoms with E-state index in [2.05, 4.69) is 4.98 Å². The molecule has 3 amide bonds. The molecule has 1 aliphatic heterocycles. The van der Waals surface area contributed by atoms with E-state index in [0.717, 1.165) is 23.1 Å². The lowest BCUT2D eigenvalue weighted by Gasteiger charge is -2.21. The lowest BCUT2D eigenvalue weighted by Crippen LogP contribution is -2.36. The molecular formula is C18H13F4N3O4S. The Hall–Kier alpha value is -3.02. The molecule has 2 fully saturated rings. The van der Waals surface area contributed by atoms with Crippen molar-refractivity contribution in [2.75, 3.05) is 4.90 Å². The van der Waals surface area contributed by atoms with Gasteiger partial charge in [0.25, 0.3) is 15.7 Å². The third-order valence-electron chi connectivity index (χ3n) is 5.11. The van der Waals surface area contributed by atoms with E-state index in [-0.39, 0.29) is 12.2 Å². The molecule has 0 unspecified atom stereocenters. The molecule has 1 spiro atoms. The van der Waals surface area contributed by atoms with Crippen LogP contribution < -0.4 is 4.90 Å². The highest BCUT2D eigenvalue weighted by Crippen LogP contribution is 2.49. The van der Waals surface area contributed by atoms with Crippen molar-refractivity contribution < 1.29 is 35.6 Å². The van der Waals surface area contributed by atoms with E-state index in [0.29, 0.717) is 30.5 Å². The zero-order valence-electron chi connectivity index (χ0n) is 15.1. The van der Waals surface area contributed by atoms with Crippen molar-refractivity contribution in [2.45, 2.75) is 35.3 Å². The molecule has 7 nitrogen and oxygen atoms in total. The Morgan fingerprint density at radius 3 is 2.23 bits per heavy atom. The minimum Gasteiger partial charge on any atom is -0.305 e. The number of sulfone groups is 1. The van der Waals surface area contributed by atoms with Gasteiger partial charge in [-0.15, -0.1) is 0 Å². The zero-order chi connectivity index (χ0) is 21.9. The van der Waals surface area contributed by atoms with E-state index in [9.17, 15) is 35.6 Å². The number of pyridine rings is 1. The van der Waals surface area contributed by atoms with E-state index in [1.165, 1.54) is 17.2 Å². The number of amides is 3. The van der Waals surface area contributed by atoms with Crippen LogP contribution in [-0.2, 0) is 21.2 Å². The van der Waals surface area contributed by atoms with Gasteiger partial charge >= 0.3 is 11.5 Å². The molecular weight excluding hydrogens is 430 g/mol. The first-order valence-electron chi connectivity index (χ1n) is 8.65. The van der Waals surface area contributed by atoms with Crippen LogP contribution >= 0.6 is 0 Å². The maximum absolute atomic E-state index is 13.4. The van der Waals surface area contributed by atoms with Crippen LogP contribution in [0.25, 0.3) is 0 Å². The summed E-state index contributed by atoms with van der Waals surface area (Å²) in [5, 5.41) is 0. The van der Waals surface area contributed by atoms with E-state index < -0.39 is 43.7 Å². The fourth-order valence-corrected chi connectivity index (χ4v) is 4.16. The second kappa shape index (κ2) is 6.49. The number of hydrogen-bond donors (Lipinski definition) is 0. The van der Waals surface area contributed by atoms with Crippen LogP contribution in [0, 0.1) is 5.95 Å². The predicted molar refractivity (Wildman–Crippen MR) is 94.3 cm³/mol. The number of carbonyl (C=O) groups excluding carboxylic acids is 2. The maximum atomic E-state index is 13.4. The summed E-state index contributed by atoms with van der Waals surface area (Å²) < 4.78 is 74.4. The van der Waals surface area contributed by atoms with Gasteiger partial charge in [0.2, 0.25) is 5.95 Å². The molecule has 158 valence electrons. The Morgan fingerprint density at radius 1 is 1.07 bits per heavy atom. The van der Waals surface area contributed by atoms with Gasteiger partial charge in [0, 0.05) is 12.7 Å². The van der Waals surface area contributed by atoms with Gasteiger partial charge in [-0.3, -0.25) is 4.79 Å². The van der Waals surface area contributed by atoms with Crippen molar-refractivity contribution in [3.05, 3.63) is 54.1 Å². The number of aromatic nitrogens is 1. The minimum absolute atomic E-state index is 0.0545. The van der Waals surface area contributed by atoms with E-state index in [4.69, 9.17) is 0 Å². The number of imide groups is 1. The molecule has 0 bridgehead atoms. The first-order chi connectivity index (χ1) is 14.0. The highest BCUT2D eigenvalue weighted by Gasteiger charge is 2.65. The van der Waals surface area contributed by atoms with Gasteiger partial charge in [-0.25, -0.2) is 23.1 Å². The van der Waals surface area contributed by atoms with Crippen molar-refractivity contribution in [1.29, 1.82) is 0 Å². The number of anilines is 1. The number of alkyl halides is 3. The molecule has 4 rings (SSSR count). The fourth-order valence-electron chi connectivity index (χ4n) is 3.39. The SMILES string of the molecule is O=C1N(c2ccc(S(=O)(=O)C(F)(F)F)cc2)C(=O)C2(CC2)N1Cc1ccnc(F)c1. The Labute approximate surface area is 167 Å². The molecule has 1 aromatic carbocycles. The van der Waals surface area contributed by atoms with E-state index >= 15 is 0 Å². The van der Waals surface area contributed by atoms with Gasteiger partial charge < -0.3 is 4.90 Å². The zero-order valence-corrected chi connectivity index (χ0v) is 15.9. The summed E-state index contributed by atoms with van der Waals surface area (Å²) in [6, 6.07) is 5.24. The summed E-state index contributed by atoms with van der Waals surface area (Å²) in [5.74, 6) is -1.30. The van der Waals surface area contributed by atoms with Crippen molar-refractivity contribution in [2.24, 2.45) is 0 Å². The fraction of sp³-hybridized carbons (Fsp3) is 0.278. The lowest BCUT2D eigenvalue weighted by molar-refractivity contribution is -0.120. The Kier molecular flexibility index (Phi) is 4.38. The first-order valence-corrected chi connectivity index (χ1v) is 10.1. The van der Waals surface area contributed by atoms with Crippen molar-refractivity contribution >= 4 is 27.5 Å². The molecule has 1 saturated heterocycles. The van der Waals surface area contributed by atoms with Gasteiger partial charge in [-0.05, 0) is 54.8 Å². The summed E-state index contributed by atoms with van der Waals surface area (Å²) in [6.07, 6.45) is 2.01. The number of hydrogen-bond acceptors (Lipinski definition) is 5. The molecule has 0 N–H and O–H groups in total. The van der Waals surface area contributed by atoms with Crippen LogP contribution in [0.1, 0.15) is 18.4 Å². The number of urea groups is 1. The van der Waals surface area contributed by atoms with Gasteiger partial charge in [-0.2, -0.15) is 17.6 Å². The predicted octanol–water partition coefficient (Wildman–Crippen LogP) is 3.02. The third-order valence-corrected chi connectivity index (χ3v) is 6.61. The van der Waals surface area contributed by atoms with Crippen LogP contribution in [0.2, 0.25) is 0 Å². The van der Waals surface area contributed by atoms with Crippen LogP contribution in [0.15, 0.2) is 47.5 Å². The third kappa shape index (κ3) is 3.02. The van der Waals surface area contributed by atoms with Gasteiger partial charge in [0.15, 0.2) is 0 Å². The summed E-state index contributed by atoms with van der Waals surface area (Å²) in [4.78, 5) is 30.3. The summed E-state index contributed by atoms with van der Waals surface area (Å²) in [5.41, 5.74) is -6.19. The van der Waals surface area contributed by atoms with Gasteiger partial charge in [0.05, 0.1) is 10.6 Å². The quantitative estimate of drug-likeness (QED) is 0.412. The molecule has 12 heteroatoms. The molecule has 1 aliphatic carbocycles. The number of halogens is 4. The number of rotatable bonds is 4. The van der Waals surface area contributed by atoms with Crippen molar-refractivity contribution in [3.8, 4) is 0 Å². The van der Waals surface area contributed by atoms with Crippen LogP contribution in [0.4, 0.5) is 28.0 Å². The molecule has 0 radical (unpaired) electrons. The Morgan fingerprint density at radius 2 is 1.70 bits per heavy atom. The highest BCUT2D eigenvalue weighted by molar-refractivity contribution is 7.92. The average molecular weight is 443 g/mol. The Bertz CT molecular complexity index is 1140. The van der Waals surface area contributed by atoms with Gasteiger partial charge in [-0.1, -0.05) is 0 Å². The Balaban J connectivity index is 1.64. The van der Waals surface area contributed by atoms with Crippen LogP contribution in [0.3, 0.4) is 0 Å². The van der Waals surface area contributed by atoms with Gasteiger partial charge in [0.1, 0.15) is 5.54 Å². The number of nitrogens with zero attached hydrogens (tertiary/aromatic N) is 3. The summed E-state index contributed by atoms with van der Waals surface area (Å²) in [7, 11) is -5.55. The topological polar surface area (TPSA) is 87.7 Å². The standard InChI is InChI=1S/C18H13F4N3O4S/c19-14-9-11(5-8-23-14)10-24-16(27)25(15(26)17(24)6-7-17)12-1-3-13(4-2-12)30(28,29)18(20,21)22/h1-5,8-9H,6-7,10H2. The average Bonchev–Trinajstić information content (AvgIpc) is 3.44. The largest absolute Gasteiger partial charge is 0.501 e. The van der Waals surface area contributed by atoms with Crippen LogP contribution in [-0.4, -0.2) is 41.3 Å². The van der Waals surface area contributed by atoms with Crippen LogP contribution in [0.5, 0.6) is 0 Å². The normalized spacial score (nSPS) is 18.4. The molecule has 2 aliphatic rings. The van der Waals surface area contributed by atoms with E-state index in [1.807, 2.05) is 0 Å². The number of carbonyl (C=O) groups is 2. The number of benzene rings is 1. The monoisotopic (exact) mass is 443 g/mol. The molecule has 2 heterocycles. The second-order valence-electron chi connectivity index (χ2n) is 6.97. The summed E-state index contributed by atoms with van der Waals surface area (Å²) in [6.45, 7) is -0.0545.